The van der Waals surface area contributed by atoms with Crippen molar-refractivity contribution in [2.24, 2.45) is 0 Å². The zero-order valence-electron chi connectivity index (χ0n) is 11.8. The van der Waals surface area contributed by atoms with E-state index in [0.717, 1.165) is 28.7 Å². The van der Waals surface area contributed by atoms with Crippen LogP contribution in [0.3, 0.4) is 0 Å². The van der Waals surface area contributed by atoms with Crippen LogP contribution in [0.5, 0.6) is 0 Å². The second-order valence-corrected chi connectivity index (χ2v) is 6.28. The van der Waals surface area contributed by atoms with E-state index >= 15 is 0 Å². The number of rotatable bonds is 3. The molecule has 1 aromatic heterocycles. The highest BCUT2D eigenvalue weighted by atomic mass is 79.9. The summed E-state index contributed by atoms with van der Waals surface area (Å²) >= 11 is 3.40. The molecule has 2 aromatic rings. The van der Waals surface area contributed by atoms with Crippen molar-refractivity contribution in [2.45, 2.75) is 38.6 Å². The van der Waals surface area contributed by atoms with Gasteiger partial charge in [0, 0.05) is 10.5 Å². The van der Waals surface area contributed by atoms with E-state index in [1.165, 1.54) is 12.8 Å². The fraction of sp³-hybridized carbons (Fsp3) is 0.400. The van der Waals surface area contributed by atoms with Gasteiger partial charge in [0.25, 0.3) is 5.91 Å². The molecular weight excluding hydrogens is 332 g/mol. The zero-order chi connectivity index (χ0) is 14.8. The Balaban J connectivity index is 1.81. The van der Waals surface area contributed by atoms with Gasteiger partial charge in [0.05, 0.1) is 11.4 Å². The molecule has 1 saturated carbocycles. The minimum Gasteiger partial charge on any atom is -0.348 e. The summed E-state index contributed by atoms with van der Waals surface area (Å²) in [6.45, 7) is 1.87. The number of carbonyl (C=O) groups excluding carboxylic acids is 1. The first-order valence-electron chi connectivity index (χ1n) is 7.14. The van der Waals surface area contributed by atoms with E-state index in [9.17, 15) is 4.79 Å². The zero-order valence-corrected chi connectivity index (χ0v) is 13.4. The number of amides is 1. The SMILES string of the molecule is Cc1c(C(=O)NC2CCCC2)nnn1-c1ccc(Br)cc1. The lowest BCUT2D eigenvalue weighted by atomic mass is 10.2. The van der Waals surface area contributed by atoms with Gasteiger partial charge in [0.2, 0.25) is 0 Å². The van der Waals surface area contributed by atoms with Gasteiger partial charge in [-0.3, -0.25) is 4.79 Å². The highest BCUT2D eigenvalue weighted by molar-refractivity contribution is 9.10. The fourth-order valence-corrected chi connectivity index (χ4v) is 2.95. The number of aromatic nitrogens is 3. The molecule has 1 N–H and O–H groups in total. The van der Waals surface area contributed by atoms with Crippen molar-refractivity contribution in [3.63, 3.8) is 0 Å². The lowest BCUT2D eigenvalue weighted by Gasteiger charge is -2.10. The molecule has 3 rings (SSSR count). The third-order valence-electron chi connectivity index (χ3n) is 3.87. The molecule has 1 aromatic carbocycles. The summed E-state index contributed by atoms with van der Waals surface area (Å²) in [5.41, 5.74) is 2.06. The Morgan fingerprint density at radius 3 is 2.62 bits per heavy atom. The molecule has 1 heterocycles. The number of nitrogens with zero attached hydrogens (tertiary/aromatic N) is 3. The average molecular weight is 349 g/mol. The van der Waals surface area contributed by atoms with E-state index in [2.05, 4.69) is 31.6 Å². The van der Waals surface area contributed by atoms with Crippen LogP contribution in [-0.4, -0.2) is 26.9 Å². The van der Waals surface area contributed by atoms with Crippen molar-refractivity contribution in [3.05, 3.63) is 40.1 Å². The van der Waals surface area contributed by atoms with Crippen LogP contribution < -0.4 is 5.32 Å². The number of carbonyl (C=O) groups is 1. The molecule has 5 nitrogen and oxygen atoms in total. The minimum absolute atomic E-state index is 0.122. The van der Waals surface area contributed by atoms with Crippen LogP contribution in [0.25, 0.3) is 5.69 Å². The quantitative estimate of drug-likeness (QED) is 0.927. The molecular formula is C15H17BrN4O. The van der Waals surface area contributed by atoms with Crippen LogP contribution in [0.4, 0.5) is 0 Å². The molecule has 0 radical (unpaired) electrons. The molecule has 1 aliphatic rings. The van der Waals surface area contributed by atoms with Gasteiger partial charge >= 0.3 is 0 Å². The maximum absolute atomic E-state index is 12.3. The molecule has 0 atom stereocenters. The molecule has 0 bridgehead atoms. The highest BCUT2D eigenvalue weighted by Gasteiger charge is 2.22. The number of benzene rings is 1. The Morgan fingerprint density at radius 1 is 1.29 bits per heavy atom. The standard InChI is InChI=1S/C15H17BrN4O/c1-10-14(15(21)17-12-4-2-3-5-12)18-19-20(10)13-8-6-11(16)7-9-13/h6-9,12H,2-5H2,1H3,(H,17,21). The maximum atomic E-state index is 12.3. The Labute approximate surface area is 131 Å². The molecule has 0 aliphatic heterocycles. The van der Waals surface area contributed by atoms with Gasteiger partial charge in [-0.05, 0) is 44.0 Å². The van der Waals surface area contributed by atoms with E-state index < -0.39 is 0 Å². The largest absolute Gasteiger partial charge is 0.348 e. The molecule has 1 fully saturated rings. The second-order valence-electron chi connectivity index (χ2n) is 5.37. The fourth-order valence-electron chi connectivity index (χ4n) is 2.69. The summed E-state index contributed by atoms with van der Waals surface area (Å²) in [5, 5.41) is 11.2. The number of hydrogen-bond donors (Lipinski definition) is 1. The van der Waals surface area contributed by atoms with Gasteiger partial charge in [0.1, 0.15) is 0 Å². The van der Waals surface area contributed by atoms with Gasteiger partial charge < -0.3 is 5.32 Å². The molecule has 1 aliphatic carbocycles. The number of hydrogen-bond acceptors (Lipinski definition) is 3. The topological polar surface area (TPSA) is 59.8 Å². The van der Waals surface area contributed by atoms with E-state index in [0.29, 0.717) is 5.69 Å². The summed E-state index contributed by atoms with van der Waals surface area (Å²) in [5.74, 6) is -0.122. The molecule has 110 valence electrons. The van der Waals surface area contributed by atoms with Crippen molar-refractivity contribution in [1.29, 1.82) is 0 Å². The van der Waals surface area contributed by atoms with Gasteiger partial charge in [0.15, 0.2) is 5.69 Å². The highest BCUT2D eigenvalue weighted by Crippen LogP contribution is 2.19. The van der Waals surface area contributed by atoms with E-state index in [1.54, 1.807) is 4.68 Å². The van der Waals surface area contributed by atoms with E-state index in [-0.39, 0.29) is 11.9 Å². The molecule has 0 unspecified atom stereocenters. The third kappa shape index (κ3) is 3.00. The normalized spacial score (nSPS) is 15.3. The summed E-state index contributed by atoms with van der Waals surface area (Å²) in [6.07, 6.45) is 4.50. The Bertz CT molecular complexity index is 644. The van der Waals surface area contributed by atoms with E-state index in [4.69, 9.17) is 0 Å². The van der Waals surface area contributed by atoms with Gasteiger partial charge in [-0.1, -0.05) is 34.0 Å². The number of halogens is 1. The lowest BCUT2D eigenvalue weighted by molar-refractivity contribution is 0.0932. The molecule has 1 amide bonds. The van der Waals surface area contributed by atoms with Gasteiger partial charge in [-0.15, -0.1) is 5.10 Å². The number of nitrogens with one attached hydrogen (secondary N) is 1. The van der Waals surface area contributed by atoms with Gasteiger partial charge in [-0.2, -0.15) is 0 Å². The predicted octanol–water partition coefficient (Wildman–Crippen LogP) is 3.01. The van der Waals surface area contributed by atoms with Crippen LogP contribution in [0.1, 0.15) is 41.9 Å². The van der Waals surface area contributed by atoms with Crippen LogP contribution in [-0.2, 0) is 0 Å². The third-order valence-corrected chi connectivity index (χ3v) is 4.40. The first kappa shape index (κ1) is 14.3. The molecule has 21 heavy (non-hydrogen) atoms. The monoisotopic (exact) mass is 348 g/mol. The van der Waals surface area contributed by atoms with Gasteiger partial charge in [-0.25, -0.2) is 4.68 Å². The van der Waals surface area contributed by atoms with Crippen molar-refractivity contribution in [3.8, 4) is 5.69 Å². The first-order chi connectivity index (χ1) is 10.1. The van der Waals surface area contributed by atoms with Crippen molar-refractivity contribution in [1.82, 2.24) is 20.3 Å². The summed E-state index contributed by atoms with van der Waals surface area (Å²) < 4.78 is 2.69. The summed E-state index contributed by atoms with van der Waals surface area (Å²) in [7, 11) is 0. The van der Waals surface area contributed by atoms with Crippen LogP contribution in [0.2, 0.25) is 0 Å². The Hall–Kier alpha value is -1.69. The first-order valence-corrected chi connectivity index (χ1v) is 7.93. The molecule has 0 saturated heterocycles. The maximum Gasteiger partial charge on any atom is 0.273 e. The minimum atomic E-state index is -0.122. The van der Waals surface area contributed by atoms with Crippen LogP contribution in [0, 0.1) is 6.92 Å². The predicted molar refractivity (Wildman–Crippen MR) is 83.5 cm³/mol. The Kier molecular flexibility index (Phi) is 4.05. The van der Waals surface area contributed by atoms with E-state index in [1.807, 2.05) is 31.2 Å². The summed E-state index contributed by atoms with van der Waals surface area (Å²) in [4.78, 5) is 12.3. The smallest absolute Gasteiger partial charge is 0.273 e. The van der Waals surface area contributed by atoms with Crippen LogP contribution >= 0.6 is 15.9 Å². The van der Waals surface area contributed by atoms with Crippen molar-refractivity contribution >= 4 is 21.8 Å². The summed E-state index contributed by atoms with van der Waals surface area (Å²) in [6, 6.07) is 8.04. The van der Waals surface area contributed by atoms with Crippen LogP contribution in [0.15, 0.2) is 28.7 Å². The Morgan fingerprint density at radius 2 is 1.95 bits per heavy atom. The molecule has 0 spiro atoms. The average Bonchev–Trinajstić information content (AvgIpc) is 3.09. The van der Waals surface area contributed by atoms with Crippen molar-refractivity contribution in [2.75, 3.05) is 0 Å². The second kappa shape index (κ2) is 5.97. The van der Waals surface area contributed by atoms with Crippen molar-refractivity contribution < 1.29 is 4.79 Å². The molecule has 6 heteroatoms. The lowest BCUT2D eigenvalue weighted by Crippen LogP contribution is -2.33.